The minimum Gasteiger partial charge on any atom is -0.385 e. The number of carbonyl (C=O) groups is 1. The number of fused-ring (bicyclic) bond motifs is 1. The maximum absolute atomic E-state index is 13.1. The van der Waals surface area contributed by atoms with Gasteiger partial charge in [0.1, 0.15) is 11.0 Å². The Kier molecular flexibility index (Phi) is 6.07. The van der Waals surface area contributed by atoms with Gasteiger partial charge in [-0.15, -0.1) is 5.10 Å². The van der Waals surface area contributed by atoms with Gasteiger partial charge in [0.05, 0.1) is 16.5 Å². The van der Waals surface area contributed by atoms with Crippen LogP contribution < -0.4 is 10.2 Å². The normalized spacial score (nSPS) is 17.1. The van der Waals surface area contributed by atoms with E-state index < -0.39 is 15.9 Å². The second kappa shape index (κ2) is 8.94. The van der Waals surface area contributed by atoms with Crippen molar-refractivity contribution >= 4 is 32.7 Å². The van der Waals surface area contributed by atoms with Gasteiger partial charge < -0.3 is 10.2 Å². The first-order chi connectivity index (χ1) is 15.4. The minimum absolute atomic E-state index is 0.129. The highest BCUT2D eigenvalue weighted by Crippen LogP contribution is 2.25. The number of rotatable bonds is 6. The number of aromatic nitrogens is 3. The van der Waals surface area contributed by atoms with Gasteiger partial charge in [-0.05, 0) is 60.4 Å². The van der Waals surface area contributed by atoms with Crippen molar-refractivity contribution in [2.75, 3.05) is 25.0 Å². The van der Waals surface area contributed by atoms with E-state index in [0.29, 0.717) is 41.3 Å². The lowest BCUT2D eigenvalue weighted by Crippen LogP contribution is -2.39. The number of hydrogen-bond donors (Lipinski definition) is 1. The van der Waals surface area contributed by atoms with Crippen molar-refractivity contribution in [2.24, 2.45) is 5.92 Å². The molecule has 3 aromatic rings. The van der Waals surface area contributed by atoms with Crippen molar-refractivity contribution in [1.82, 2.24) is 19.5 Å². The van der Waals surface area contributed by atoms with Crippen LogP contribution in [0.25, 0.3) is 11.0 Å². The second-order valence-corrected chi connectivity index (χ2v) is 9.68. The summed E-state index contributed by atoms with van der Waals surface area (Å²) in [5.74, 6) is -0.153. The first-order valence-corrected chi connectivity index (χ1v) is 11.6. The van der Waals surface area contributed by atoms with E-state index in [9.17, 15) is 13.2 Å². The summed E-state index contributed by atoms with van der Waals surface area (Å²) in [6, 6.07) is 13.0. The Labute approximate surface area is 185 Å². The standard InChI is InChI=1S/C21H22N6O4S/c1-15-4-3-9-26(13-15)32(29,30)18-7-8-19-20(11-18)27(25-24-19)31-14-21(28)23-17-6-2-5-16(10-17)12-22/h2,5-8,10-11,15H,3-4,9,13-14H2,1H3,(H,23,28). The van der Waals surface area contributed by atoms with E-state index in [-0.39, 0.29) is 11.5 Å². The Balaban J connectivity index is 1.49. The third kappa shape index (κ3) is 4.56. The number of carbonyl (C=O) groups excluding carboxylic acids is 1. The SMILES string of the molecule is CC1CCCN(S(=O)(=O)c2ccc3nnn(OCC(=O)Nc4cccc(C#N)c4)c3c2)C1. The number of piperidine rings is 1. The van der Waals surface area contributed by atoms with Crippen LogP contribution in [0.1, 0.15) is 25.3 Å². The number of anilines is 1. The molecule has 0 bridgehead atoms. The van der Waals surface area contributed by atoms with Crippen LogP contribution in [0.5, 0.6) is 0 Å². The first-order valence-electron chi connectivity index (χ1n) is 10.2. The summed E-state index contributed by atoms with van der Waals surface area (Å²) in [5.41, 5.74) is 1.67. The largest absolute Gasteiger partial charge is 0.385 e. The molecule has 11 heteroatoms. The Bertz CT molecular complexity index is 1300. The molecule has 10 nitrogen and oxygen atoms in total. The van der Waals surface area contributed by atoms with Gasteiger partial charge in [-0.3, -0.25) is 4.79 Å². The first kappa shape index (κ1) is 21.7. The molecule has 0 aliphatic carbocycles. The van der Waals surface area contributed by atoms with E-state index in [2.05, 4.69) is 15.6 Å². The molecule has 1 aromatic heterocycles. The van der Waals surface area contributed by atoms with Gasteiger partial charge in [0.2, 0.25) is 10.0 Å². The summed E-state index contributed by atoms with van der Waals surface area (Å²) in [7, 11) is -3.66. The highest BCUT2D eigenvalue weighted by atomic mass is 32.2. The molecule has 0 saturated carbocycles. The number of amides is 1. The van der Waals surface area contributed by atoms with E-state index >= 15 is 0 Å². The van der Waals surface area contributed by atoms with Crippen LogP contribution in [0.3, 0.4) is 0 Å². The summed E-state index contributed by atoms with van der Waals surface area (Å²) in [5, 5.41) is 19.4. The molecule has 166 valence electrons. The average Bonchev–Trinajstić information content (AvgIpc) is 3.20. The predicted molar refractivity (Wildman–Crippen MR) is 116 cm³/mol. The van der Waals surface area contributed by atoms with Crippen LogP contribution in [0, 0.1) is 17.2 Å². The molecule has 0 radical (unpaired) electrons. The lowest BCUT2D eigenvalue weighted by Gasteiger charge is -2.30. The highest BCUT2D eigenvalue weighted by Gasteiger charge is 2.29. The minimum atomic E-state index is -3.66. The number of nitrogens with zero attached hydrogens (tertiary/aromatic N) is 5. The van der Waals surface area contributed by atoms with E-state index in [1.165, 1.54) is 16.4 Å². The maximum atomic E-state index is 13.1. The van der Waals surface area contributed by atoms with Crippen molar-refractivity contribution in [2.45, 2.75) is 24.7 Å². The van der Waals surface area contributed by atoms with Gasteiger partial charge in [-0.25, -0.2) is 8.42 Å². The van der Waals surface area contributed by atoms with Crippen LogP contribution >= 0.6 is 0 Å². The molecule has 4 rings (SSSR count). The summed E-state index contributed by atoms with van der Waals surface area (Å²) < 4.78 is 27.7. The molecule has 0 spiro atoms. The van der Waals surface area contributed by atoms with E-state index in [1.54, 1.807) is 30.3 Å². The quantitative estimate of drug-likeness (QED) is 0.601. The molecule has 1 N–H and O–H groups in total. The Hall–Kier alpha value is -3.49. The molecule has 1 atom stereocenters. The van der Waals surface area contributed by atoms with Crippen LogP contribution in [0.4, 0.5) is 5.69 Å². The zero-order chi connectivity index (χ0) is 22.7. The monoisotopic (exact) mass is 454 g/mol. The van der Waals surface area contributed by atoms with Gasteiger partial charge >= 0.3 is 0 Å². The zero-order valence-electron chi connectivity index (χ0n) is 17.4. The molecule has 1 fully saturated rings. The number of nitrogens with one attached hydrogen (secondary N) is 1. The Morgan fingerprint density at radius 3 is 2.94 bits per heavy atom. The van der Waals surface area contributed by atoms with Crippen LogP contribution in [0.2, 0.25) is 0 Å². The van der Waals surface area contributed by atoms with Crippen molar-refractivity contribution < 1.29 is 18.0 Å². The maximum Gasteiger partial charge on any atom is 0.265 e. The molecular formula is C21H22N6O4S. The third-order valence-corrected chi connectivity index (χ3v) is 7.10. The van der Waals surface area contributed by atoms with Crippen molar-refractivity contribution in [3.63, 3.8) is 0 Å². The van der Waals surface area contributed by atoms with Gasteiger partial charge in [0, 0.05) is 18.8 Å². The van der Waals surface area contributed by atoms with Gasteiger partial charge in [-0.2, -0.15) is 9.57 Å². The molecule has 1 aliphatic rings. The molecule has 1 unspecified atom stereocenters. The number of benzene rings is 2. The van der Waals surface area contributed by atoms with Gasteiger partial charge in [0.25, 0.3) is 5.91 Å². The lowest BCUT2D eigenvalue weighted by atomic mass is 10.0. The summed E-state index contributed by atoms with van der Waals surface area (Å²) in [6.07, 6.45) is 1.84. The number of hydrogen-bond acceptors (Lipinski definition) is 7. The van der Waals surface area contributed by atoms with Gasteiger partial charge in [-0.1, -0.05) is 17.8 Å². The predicted octanol–water partition coefficient (Wildman–Crippen LogP) is 1.79. The average molecular weight is 455 g/mol. The summed E-state index contributed by atoms with van der Waals surface area (Å²) in [6.45, 7) is 2.64. The fourth-order valence-electron chi connectivity index (χ4n) is 3.63. The van der Waals surface area contributed by atoms with E-state index in [0.717, 1.165) is 17.7 Å². The fraction of sp³-hybridized carbons (Fsp3) is 0.333. The fourth-order valence-corrected chi connectivity index (χ4v) is 5.25. The van der Waals surface area contributed by atoms with E-state index in [4.69, 9.17) is 10.1 Å². The highest BCUT2D eigenvalue weighted by molar-refractivity contribution is 7.89. The lowest BCUT2D eigenvalue weighted by molar-refractivity contribution is -0.121. The molecular weight excluding hydrogens is 432 g/mol. The summed E-state index contributed by atoms with van der Waals surface area (Å²) in [4.78, 5) is 18.8. The number of sulfonamides is 1. The molecule has 32 heavy (non-hydrogen) atoms. The van der Waals surface area contributed by atoms with Crippen LogP contribution in [-0.4, -0.2) is 53.5 Å². The van der Waals surface area contributed by atoms with Crippen molar-refractivity contribution in [1.29, 1.82) is 5.26 Å². The summed E-state index contributed by atoms with van der Waals surface area (Å²) >= 11 is 0. The van der Waals surface area contributed by atoms with E-state index in [1.807, 2.05) is 13.0 Å². The molecule has 1 amide bonds. The smallest absolute Gasteiger partial charge is 0.265 e. The van der Waals surface area contributed by atoms with Crippen LogP contribution in [0.15, 0.2) is 47.4 Å². The third-order valence-electron chi connectivity index (χ3n) is 5.24. The molecule has 1 saturated heterocycles. The molecule has 1 aliphatic heterocycles. The number of nitriles is 1. The molecule has 2 heterocycles. The van der Waals surface area contributed by atoms with Crippen LogP contribution in [-0.2, 0) is 14.8 Å². The van der Waals surface area contributed by atoms with Gasteiger partial charge in [0.15, 0.2) is 6.61 Å². The Morgan fingerprint density at radius 1 is 1.31 bits per heavy atom. The zero-order valence-corrected chi connectivity index (χ0v) is 18.2. The topological polar surface area (TPSA) is 130 Å². The second-order valence-electron chi connectivity index (χ2n) is 7.74. The van der Waals surface area contributed by atoms with Crippen molar-refractivity contribution in [3.8, 4) is 6.07 Å². The molecule has 2 aromatic carbocycles. The van der Waals surface area contributed by atoms with Crippen molar-refractivity contribution in [3.05, 3.63) is 48.0 Å². The Morgan fingerprint density at radius 2 is 2.16 bits per heavy atom.